The number of morpholine rings is 1. The molecule has 0 aliphatic carbocycles. The molecule has 0 saturated carbocycles. The zero-order chi connectivity index (χ0) is 15.2. The van der Waals surface area contributed by atoms with Crippen molar-refractivity contribution in [2.45, 2.75) is 19.1 Å². The molecule has 2 heterocycles. The van der Waals surface area contributed by atoms with Gasteiger partial charge in [-0.2, -0.15) is 5.10 Å². The van der Waals surface area contributed by atoms with E-state index < -0.39 is 0 Å². The Kier molecular flexibility index (Phi) is 6.58. The highest BCUT2D eigenvalue weighted by atomic mass is 35.5. The highest BCUT2D eigenvalue weighted by Crippen LogP contribution is 2.06. The van der Waals surface area contributed by atoms with Crippen LogP contribution in [-0.2, 0) is 22.6 Å². The predicted octanol–water partition coefficient (Wildman–Crippen LogP) is 0.958. The molecule has 124 valence electrons. The molecule has 1 fully saturated rings. The van der Waals surface area contributed by atoms with E-state index >= 15 is 0 Å². The molecule has 1 saturated heterocycles. The number of rotatable bonds is 5. The number of amides is 1. The van der Waals surface area contributed by atoms with E-state index in [4.69, 9.17) is 4.74 Å². The van der Waals surface area contributed by atoms with Gasteiger partial charge in [0.1, 0.15) is 6.04 Å². The third kappa shape index (κ3) is 5.06. The van der Waals surface area contributed by atoms with Crippen molar-refractivity contribution >= 4 is 18.3 Å². The molecule has 1 amide bonds. The number of hydrogen-bond acceptors (Lipinski definition) is 4. The minimum absolute atomic E-state index is 0. The Morgan fingerprint density at radius 3 is 2.78 bits per heavy atom. The summed E-state index contributed by atoms with van der Waals surface area (Å²) in [4.78, 5) is 12.0. The summed E-state index contributed by atoms with van der Waals surface area (Å²) in [5, 5.41) is 10.3. The zero-order valence-corrected chi connectivity index (χ0v) is 13.6. The van der Waals surface area contributed by atoms with Gasteiger partial charge in [0.25, 0.3) is 0 Å². The highest BCUT2D eigenvalue weighted by molar-refractivity contribution is 5.85. The number of nitrogens with one attached hydrogen (secondary N) is 2. The van der Waals surface area contributed by atoms with Crippen molar-refractivity contribution in [2.75, 3.05) is 19.8 Å². The fourth-order valence-electron chi connectivity index (χ4n) is 2.39. The lowest BCUT2D eigenvalue weighted by molar-refractivity contribution is -0.126. The van der Waals surface area contributed by atoms with Crippen LogP contribution < -0.4 is 10.6 Å². The number of carbonyl (C=O) groups is 1. The van der Waals surface area contributed by atoms with Crippen LogP contribution in [0.5, 0.6) is 0 Å². The lowest BCUT2D eigenvalue weighted by Crippen LogP contribution is -2.51. The monoisotopic (exact) mass is 336 g/mol. The van der Waals surface area contributed by atoms with Crippen molar-refractivity contribution < 1.29 is 9.53 Å². The lowest BCUT2D eigenvalue weighted by Gasteiger charge is -2.22. The molecule has 0 bridgehead atoms. The molecule has 2 N–H and O–H groups in total. The molecular formula is C16H21ClN4O2. The van der Waals surface area contributed by atoms with Crippen molar-refractivity contribution in [3.05, 3.63) is 53.9 Å². The molecule has 6 nitrogen and oxygen atoms in total. The second-order valence-electron chi connectivity index (χ2n) is 5.32. The van der Waals surface area contributed by atoms with Crippen LogP contribution in [0.4, 0.5) is 0 Å². The molecule has 3 rings (SSSR count). The van der Waals surface area contributed by atoms with E-state index in [0.717, 1.165) is 18.7 Å². The molecule has 23 heavy (non-hydrogen) atoms. The van der Waals surface area contributed by atoms with Crippen molar-refractivity contribution in [3.63, 3.8) is 0 Å². The summed E-state index contributed by atoms with van der Waals surface area (Å²) in [7, 11) is 0. The summed E-state index contributed by atoms with van der Waals surface area (Å²) in [6.45, 7) is 3.11. The van der Waals surface area contributed by atoms with Gasteiger partial charge in [0.2, 0.25) is 5.91 Å². The molecule has 1 aliphatic heterocycles. The van der Waals surface area contributed by atoms with Crippen LogP contribution in [0.2, 0.25) is 0 Å². The number of carbonyl (C=O) groups excluding carboxylic acids is 1. The van der Waals surface area contributed by atoms with Crippen LogP contribution in [0.15, 0.2) is 42.7 Å². The fourth-order valence-corrected chi connectivity index (χ4v) is 2.39. The van der Waals surface area contributed by atoms with Crippen molar-refractivity contribution in [1.82, 2.24) is 20.4 Å². The van der Waals surface area contributed by atoms with Gasteiger partial charge in [-0.25, -0.2) is 0 Å². The number of halogens is 1. The Morgan fingerprint density at radius 2 is 2.13 bits per heavy atom. The van der Waals surface area contributed by atoms with E-state index in [9.17, 15) is 4.79 Å². The standard InChI is InChI=1S/C16H20N4O2.ClH/c21-16(15-12-22-9-7-17-15)18-10-13-2-4-14(5-3-13)11-20-8-1-6-19-20;/h1-6,8,15,17H,7,9-12H2,(H,18,21);1H. The first-order chi connectivity index (χ1) is 10.8. The van der Waals surface area contributed by atoms with E-state index in [1.807, 2.05) is 29.1 Å². The maximum atomic E-state index is 12.0. The van der Waals surface area contributed by atoms with Gasteiger partial charge >= 0.3 is 0 Å². The van der Waals surface area contributed by atoms with E-state index in [-0.39, 0.29) is 24.4 Å². The number of nitrogens with zero attached hydrogens (tertiary/aromatic N) is 2. The quantitative estimate of drug-likeness (QED) is 0.853. The van der Waals surface area contributed by atoms with Crippen LogP contribution >= 0.6 is 12.4 Å². The third-order valence-electron chi connectivity index (χ3n) is 3.63. The van der Waals surface area contributed by atoms with Crippen LogP contribution in [-0.4, -0.2) is 41.5 Å². The van der Waals surface area contributed by atoms with E-state index in [0.29, 0.717) is 19.8 Å². The van der Waals surface area contributed by atoms with Gasteiger partial charge in [0.05, 0.1) is 19.8 Å². The average Bonchev–Trinajstić information content (AvgIpc) is 3.08. The van der Waals surface area contributed by atoms with Crippen LogP contribution in [0.1, 0.15) is 11.1 Å². The molecular weight excluding hydrogens is 316 g/mol. The van der Waals surface area contributed by atoms with E-state index in [1.54, 1.807) is 6.20 Å². The molecule has 7 heteroatoms. The third-order valence-corrected chi connectivity index (χ3v) is 3.63. The SMILES string of the molecule is Cl.O=C(NCc1ccc(Cn2cccn2)cc1)C1COCCN1. The van der Waals surface area contributed by atoms with Gasteiger partial charge in [-0.05, 0) is 17.2 Å². The first kappa shape index (κ1) is 17.5. The Bertz CT molecular complexity index is 595. The van der Waals surface area contributed by atoms with Gasteiger partial charge in [-0.15, -0.1) is 12.4 Å². The number of ether oxygens (including phenoxy) is 1. The summed E-state index contributed by atoms with van der Waals surface area (Å²) < 4.78 is 7.17. The zero-order valence-electron chi connectivity index (χ0n) is 12.8. The largest absolute Gasteiger partial charge is 0.378 e. The molecule has 1 aliphatic rings. The number of aromatic nitrogens is 2. The van der Waals surface area contributed by atoms with Crippen molar-refractivity contribution in [1.29, 1.82) is 0 Å². The number of benzene rings is 1. The summed E-state index contributed by atoms with van der Waals surface area (Å²) in [5.74, 6) is -0.0136. The van der Waals surface area contributed by atoms with Gasteiger partial charge in [0, 0.05) is 25.5 Å². The minimum Gasteiger partial charge on any atom is -0.378 e. The normalized spacial score (nSPS) is 17.3. The lowest BCUT2D eigenvalue weighted by atomic mass is 10.1. The first-order valence-corrected chi connectivity index (χ1v) is 7.45. The Balaban J connectivity index is 0.00000192. The van der Waals surface area contributed by atoms with Crippen LogP contribution in [0.25, 0.3) is 0 Å². The number of hydrogen-bond donors (Lipinski definition) is 2. The van der Waals surface area contributed by atoms with E-state index in [1.165, 1.54) is 5.56 Å². The van der Waals surface area contributed by atoms with Gasteiger partial charge in [-0.1, -0.05) is 24.3 Å². The smallest absolute Gasteiger partial charge is 0.239 e. The molecule has 0 radical (unpaired) electrons. The Hall–Kier alpha value is -1.89. The van der Waals surface area contributed by atoms with Crippen molar-refractivity contribution in [2.24, 2.45) is 0 Å². The topological polar surface area (TPSA) is 68.2 Å². The van der Waals surface area contributed by atoms with Crippen LogP contribution in [0.3, 0.4) is 0 Å². The molecule has 0 spiro atoms. The maximum absolute atomic E-state index is 12.0. The molecule has 1 unspecified atom stereocenters. The Morgan fingerprint density at radius 1 is 1.35 bits per heavy atom. The molecule has 1 atom stereocenters. The predicted molar refractivity (Wildman–Crippen MR) is 89.5 cm³/mol. The first-order valence-electron chi connectivity index (χ1n) is 7.45. The van der Waals surface area contributed by atoms with Crippen LogP contribution in [0, 0.1) is 0 Å². The summed E-state index contributed by atoms with van der Waals surface area (Å²) >= 11 is 0. The van der Waals surface area contributed by atoms with E-state index in [2.05, 4.69) is 27.9 Å². The Labute approximate surface area is 141 Å². The van der Waals surface area contributed by atoms with Crippen molar-refractivity contribution in [3.8, 4) is 0 Å². The molecule has 1 aromatic heterocycles. The summed E-state index contributed by atoms with van der Waals surface area (Å²) in [6.07, 6.45) is 3.71. The maximum Gasteiger partial charge on any atom is 0.239 e. The van der Waals surface area contributed by atoms with Gasteiger partial charge in [-0.3, -0.25) is 9.48 Å². The molecule has 1 aromatic carbocycles. The minimum atomic E-state index is -0.243. The second kappa shape index (κ2) is 8.67. The highest BCUT2D eigenvalue weighted by Gasteiger charge is 2.20. The molecule has 2 aromatic rings. The van der Waals surface area contributed by atoms with Gasteiger partial charge in [0.15, 0.2) is 0 Å². The summed E-state index contributed by atoms with van der Waals surface area (Å²) in [6, 6.07) is 9.85. The second-order valence-corrected chi connectivity index (χ2v) is 5.32. The fraction of sp³-hybridized carbons (Fsp3) is 0.375. The average molecular weight is 337 g/mol. The summed E-state index contributed by atoms with van der Waals surface area (Å²) in [5.41, 5.74) is 2.26. The van der Waals surface area contributed by atoms with Gasteiger partial charge < -0.3 is 15.4 Å².